The number of ether oxygens (including phenoxy) is 1. The number of carbonyl (C=O) groups excluding carboxylic acids is 1. The van der Waals surface area contributed by atoms with Gasteiger partial charge in [-0.1, -0.05) is 35.9 Å². The minimum absolute atomic E-state index is 0.0478. The van der Waals surface area contributed by atoms with E-state index < -0.39 is 23.7 Å². The standard InChI is InChI=1S/C22H25ClF3N3O2/c1-15(21(30)28-20-7-6-18(23)12-19(20)22(24,25)26)27-13-16-4-2-3-5-17(16)14-29-8-10-31-11-9-29/h2-7,12,15,27H,8-11,13-14H2,1H3,(H,28,30). The number of alkyl halides is 3. The van der Waals surface area contributed by atoms with Crippen LogP contribution in [0.15, 0.2) is 42.5 Å². The molecule has 1 aliphatic rings. The average molecular weight is 456 g/mol. The van der Waals surface area contributed by atoms with E-state index >= 15 is 0 Å². The van der Waals surface area contributed by atoms with Gasteiger partial charge in [-0.3, -0.25) is 9.69 Å². The Morgan fingerprint density at radius 1 is 1.16 bits per heavy atom. The zero-order valence-corrected chi connectivity index (χ0v) is 17.9. The van der Waals surface area contributed by atoms with Gasteiger partial charge in [-0.05, 0) is 36.2 Å². The van der Waals surface area contributed by atoms with Crippen LogP contribution in [0.5, 0.6) is 0 Å². The largest absolute Gasteiger partial charge is 0.418 e. The van der Waals surface area contributed by atoms with Crippen LogP contribution in [0.25, 0.3) is 0 Å². The summed E-state index contributed by atoms with van der Waals surface area (Å²) < 4.78 is 45.1. The first kappa shape index (κ1) is 23.5. The molecule has 0 aliphatic carbocycles. The highest BCUT2D eigenvalue weighted by Gasteiger charge is 2.34. The van der Waals surface area contributed by atoms with Crippen molar-refractivity contribution in [2.45, 2.75) is 32.2 Å². The van der Waals surface area contributed by atoms with Gasteiger partial charge in [-0.2, -0.15) is 13.2 Å². The molecule has 168 valence electrons. The number of rotatable bonds is 7. The van der Waals surface area contributed by atoms with Crippen LogP contribution in [0.1, 0.15) is 23.6 Å². The van der Waals surface area contributed by atoms with Gasteiger partial charge in [0.05, 0.1) is 30.5 Å². The summed E-state index contributed by atoms with van der Waals surface area (Å²) in [6.07, 6.45) is -4.62. The van der Waals surface area contributed by atoms with Crippen LogP contribution in [0.3, 0.4) is 0 Å². The number of nitrogens with zero attached hydrogens (tertiary/aromatic N) is 1. The molecule has 0 bridgehead atoms. The Balaban J connectivity index is 1.62. The van der Waals surface area contributed by atoms with E-state index in [2.05, 4.69) is 15.5 Å². The van der Waals surface area contributed by atoms with Gasteiger partial charge < -0.3 is 15.4 Å². The third kappa shape index (κ3) is 6.67. The fraction of sp³-hybridized carbons (Fsp3) is 0.409. The van der Waals surface area contributed by atoms with Crippen molar-refractivity contribution in [1.82, 2.24) is 10.2 Å². The minimum atomic E-state index is -4.62. The summed E-state index contributed by atoms with van der Waals surface area (Å²) in [5, 5.41) is 5.41. The lowest BCUT2D eigenvalue weighted by Crippen LogP contribution is -2.38. The van der Waals surface area contributed by atoms with Crippen molar-refractivity contribution in [2.75, 3.05) is 31.6 Å². The molecule has 0 radical (unpaired) electrons. The first-order valence-electron chi connectivity index (χ1n) is 10.0. The van der Waals surface area contributed by atoms with E-state index in [9.17, 15) is 18.0 Å². The van der Waals surface area contributed by atoms with E-state index in [1.165, 1.54) is 6.07 Å². The fourth-order valence-electron chi connectivity index (χ4n) is 3.34. The van der Waals surface area contributed by atoms with Gasteiger partial charge in [-0.15, -0.1) is 0 Å². The second kappa shape index (κ2) is 10.5. The first-order valence-corrected chi connectivity index (χ1v) is 10.4. The van der Waals surface area contributed by atoms with Crippen molar-refractivity contribution in [3.63, 3.8) is 0 Å². The molecule has 2 aromatic carbocycles. The predicted octanol–water partition coefficient (Wildman–Crippen LogP) is 4.31. The lowest BCUT2D eigenvalue weighted by atomic mass is 10.1. The van der Waals surface area contributed by atoms with Crippen LogP contribution in [-0.4, -0.2) is 43.2 Å². The molecule has 2 aromatic rings. The molecule has 1 atom stereocenters. The molecule has 3 rings (SSSR count). The maximum Gasteiger partial charge on any atom is 0.418 e. The summed E-state index contributed by atoms with van der Waals surface area (Å²) in [4.78, 5) is 14.8. The number of carbonyl (C=O) groups is 1. The zero-order valence-electron chi connectivity index (χ0n) is 17.1. The average Bonchev–Trinajstić information content (AvgIpc) is 2.74. The number of morpholine rings is 1. The summed E-state index contributed by atoms with van der Waals surface area (Å²) >= 11 is 5.69. The molecule has 1 unspecified atom stereocenters. The van der Waals surface area contributed by atoms with Gasteiger partial charge in [0.25, 0.3) is 0 Å². The molecule has 1 heterocycles. The van der Waals surface area contributed by atoms with E-state index in [1.54, 1.807) is 6.92 Å². The van der Waals surface area contributed by atoms with Crippen LogP contribution in [0.2, 0.25) is 5.02 Å². The number of hydrogen-bond donors (Lipinski definition) is 2. The second-order valence-electron chi connectivity index (χ2n) is 7.44. The molecule has 1 fully saturated rings. The molecule has 1 aliphatic heterocycles. The highest BCUT2D eigenvalue weighted by atomic mass is 35.5. The first-order chi connectivity index (χ1) is 14.7. The van der Waals surface area contributed by atoms with Crippen molar-refractivity contribution in [3.8, 4) is 0 Å². The number of halogens is 4. The highest BCUT2D eigenvalue weighted by Crippen LogP contribution is 2.36. The summed E-state index contributed by atoms with van der Waals surface area (Å²) in [6.45, 7) is 5.96. The number of anilines is 1. The highest BCUT2D eigenvalue weighted by molar-refractivity contribution is 6.30. The third-order valence-electron chi connectivity index (χ3n) is 5.15. The molecular formula is C22H25ClF3N3O2. The van der Waals surface area contributed by atoms with Crippen LogP contribution >= 0.6 is 11.6 Å². The fourth-order valence-corrected chi connectivity index (χ4v) is 3.51. The van der Waals surface area contributed by atoms with Crippen LogP contribution < -0.4 is 10.6 Å². The van der Waals surface area contributed by atoms with Crippen molar-refractivity contribution in [3.05, 3.63) is 64.2 Å². The summed E-state index contributed by atoms with van der Waals surface area (Å²) in [5.41, 5.74) is 0.886. The molecule has 1 amide bonds. The Hall–Kier alpha value is -2.13. The Morgan fingerprint density at radius 3 is 2.52 bits per heavy atom. The SMILES string of the molecule is CC(NCc1ccccc1CN1CCOCC1)C(=O)Nc1ccc(Cl)cc1C(F)(F)F. The minimum Gasteiger partial charge on any atom is -0.379 e. The molecule has 5 nitrogen and oxygen atoms in total. The molecular weight excluding hydrogens is 431 g/mol. The van der Waals surface area contributed by atoms with Gasteiger partial charge >= 0.3 is 6.18 Å². The lowest BCUT2D eigenvalue weighted by Gasteiger charge is -2.27. The van der Waals surface area contributed by atoms with Crippen molar-refractivity contribution in [2.24, 2.45) is 0 Å². The predicted molar refractivity (Wildman–Crippen MR) is 114 cm³/mol. The van der Waals surface area contributed by atoms with Crippen LogP contribution in [0.4, 0.5) is 18.9 Å². The van der Waals surface area contributed by atoms with Crippen LogP contribution in [0, 0.1) is 0 Å². The Kier molecular flexibility index (Phi) is 7.94. The Morgan fingerprint density at radius 2 is 1.84 bits per heavy atom. The van der Waals surface area contributed by atoms with Gasteiger partial charge in [-0.25, -0.2) is 0 Å². The van der Waals surface area contributed by atoms with Gasteiger partial charge in [0.1, 0.15) is 0 Å². The number of amides is 1. The van der Waals surface area contributed by atoms with Crippen molar-refractivity contribution < 1.29 is 22.7 Å². The van der Waals surface area contributed by atoms with Gasteiger partial charge in [0.15, 0.2) is 0 Å². The van der Waals surface area contributed by atoms with Crippen molar-refractivity contribution >= 4 is 23.2 Å². The Labute approximate surface area is 184 Å². The molecule has 31 heavy (non-hydrogen) atoms. The number of hydrogen-bond acceptors (Lipinski definition) is 4. The molecule has 0 spiro atoms. The van der Waals surface area contributed by atoms with Gasteiger partial charge in [0, 0.05) is 31.2 Å². The summed E-state index contributed by atoms with van der Waals surface area (Å²) in [6, 6.07) is 10.5. The maximum absolute atomic E-state index is 13.2. The smallest absolute Gasteiger partial charge is 0.379 e. The number of nitrogens with one attached hydrogen (secondary N) is 2. The molecule has 9 heteroatoms. The molecule has 2 N–H and O–H groups in total. The van der Waals surface area contributed by atoms with E-state index in [-0.39, 0.29) is 10.7 Å². The monoisotopic (exact) mass is 455 g/mol. The maximum atomic E-state index is 13.2. The molecule has 0 aromatic heterocycles. The summed E-state index contributed by atoms with van der Waals surface area (Å²) in [7, 11) is 0. The number of benzene rings is 2. The van der Waals surface area contributed by atoms with E-state index in [4.69, 9.17) is 16.3 Å². The summed E-state index contributed by atoms with van der Waals surface area (Å²) in [5.74, 6) is -0.557. The normalized spacial score (nSPS) is 16.2. The second-order valence-corrected chi connectivity index (χ2v) is 7.87. The third-order valence-corrected chi connectivity index (χ3v) is 5.39. The molecule has 1 saturated heterocycles. The topological polar surface area (TPSA) is 53.6 Å². The van der Waals surface area contributed by atoms with E-state index in [0.717, 1.165) is 42.9 Å². The van der Waals surface area contributed by atoms with E-state index in [0.29, 0.717) is 19.8 Å². The van der Waals surface area contributed by atoms with Crippen LogP contribution in [-0.2, 0) is 28.8 Å². The van der Waals surface area contributed by atoms with E-state index in [1.807, 2.05) is 24.3 Å². The lowest BCUT2D eigenvalue weighted by molar-refractivity contribution is -0.137. The van der Waals surface area contributed by atoms with Crippen molar-refractivity contribution in [1.29, 1.82) is 0 Å². The van der Waals surface area contributed by atoms with Gasteiger partial charge in [0.2, 0.25) is 5.91 Å². The quantitative estimate of drug-likeness (QED) is 0.653. The molecule has 0 saturated carbocycles. The zero-order chi connectivity index (χ0) is 22.4. The Bertz CT molecular complexity index is 902.